The molecule has 2 fully saturated rings. The van der Waals surface area contributed by atoms with Crippen LogP contribution in [0.3, 0.4) is 0 Å². The van der Waals surface area contributed by atoms with Gasteiger partial charge in [-0.1, -0.05) is 12.8 Å². The lowest BCUT2D eigenvalue weighted by molar-refractivity contribution is -0.0299. The molecule has 3 heteroatoms. The normalized spacial score (nSPS) is 26.2. The third kappa shape index (κ3) is 3.74. The lowest BCUT2D eigenvalue weighted by Gasteiger charge is -2.29. The summed E-state index contributed by atoms with van der Waals surface area (Å²) < 4.78 is 0. The van der Waals surface area contributed by atoms with E-state index in [4.69, 9.17) is 4.84 Å². The van der Waals surface area contributed by atoms with Gasteiger partial charge in [0.15, 0.2) is 0 Å². The number of rotatable bonds is 4. The molecule has 2 aliphatic rings. The van der Waals surface area contributed by atoms with E-state index in [1.807, 2.05) is 0 Å². The molecule has 2 rings (SSSR count). The van der Waals surface area contributed by atoms with Gasteiger partial charge in [0, 0.05) is 6.54 Å². The van der Waals surface area contributed by atoms with E-state index < -0.39 is 0 Å². The predicted octanol–water partition coefficient (Wildman–Crippen LogP) is 1.79. The van der Waals surface area contributed by atoms with Gasteiger partial charge >= 0.3 is 0 Å². The molecule has 1 aliphatic heterocycles. The van der Waals surface area contributed by atoms with E-state index in [1.54, 1.807) is 0 Å². The van der Waals surface area contributed by atoms with Gasteiger partial charge in [-0.25, -0.2) is 5.48 Å². The summed E-state index contributed by atoms with van der Waals surface area (Å²) in [7, 11) is 2.21. The molecule has 88 valence electrons. The molecule has 1 saturated heterocycles. The van der Waals surface area contributed by atoms with Gasteiger partial charge in [-0.2, -0.15) is 0 Å². The van der Waals surface area contributed by atoms with E-state index in [0.717, 1.165) is 12.5 Å². The Labute approximate surface area is 93.1 Å². The highest BCUT2D eigenvalue weighted by Crippen LogP contribution is 2.20. The average molecular weight is 212 g/mol. The monoisotopic (exact) mass is 212 g/mol. The predicted molar refractivity (Wildman–Crippen MR) is 61.6 cm³/mol. The van der Waals surface area contributed by atoms with Crippen molar-refractivity contribution in [1.82, 2.24) is 10.4 Å². The summed E-state index contributed by atoms with van der Waals surface area (Å²) in [6, 6.07) is 0. The molecule has 15 heavy (non-hydrogen) atoms. The topological polar surface area (TPSA) is 24.5 Å². The van der Waals surface area contributed by atoms with Crippen LogP contribution in [0.2, 0.25) is 0 Å². The van der Waals surface area contributed by atoms with Gasteiger partial charge < -0.3 is 4.90 Å². The quantitative estimate of drug-likeness (QED) is 0.719. The fourth-order valence-corrected chi connectivity index (χ4v) is 2.56. The molecule has 3 nitrogen and oxygen atoms in total. The van der Waals surface area contributed by atoms with E-state index in [9.17, 15) is 0 Å². The fourth-order valence-electron chi connectivity index (χ4n) is 2.56. The van der Waals surface area contributed by atoms with Crippen molar-refractivity contribution in [1.29, 1.82) is 0 Å². The van der Waals surface area contributed by atoms with Crippen molar-refractivity contribution < 1.29 is 4.84 Å². The zero-order valence-electron chi connectivity index (χ0n) is 9.87. The molecule has 1 N–H and O–H groups in total. The van der Waals surface area contributed by atoms with Crippen LogP contribution in [0, 0.1) is 5.92 Å². The first-order valence-electron chi connectivity index (χ1n) is 6.41. The minimum Gasteiger partial charge on any atom is -0.306 e. The van der Waals surface area contributed by atoms with Crippen molar-refractivity contribution >= 4 is 0 Å². The molecule has 0 amide bonds. The highest BCUT2D eigenvalue weighted by atomic mass is 16.7. The molecule has 1 aliphatic carbocycles. The van der Waals surface area contributed by atoms with Crippen LogP contribution in [-0.2, 0) is 4.84 Å². The van der Waals surface area contributed by atoms with Crippen LogP contribution in [0.15, 0.2) is 0 Å². The second-order valence-electron chi connectivity index (χ2n) is 5.12. The number of piperidine rings is 1. The molecule has 1 heterocycles. The summed E-state index contributed by atoms with van der Waals surface area (Å²) in [4.78, 5) is 8.08. The Morgan fingerprint density at radius 1 is 1.13 bits per heavy atom. The van der Waals surface area contributed by atoms with Crippen molar-refractivity contribution in [2.24, 2.45) is 5.92 Å². The first-order chi connectivity index (χ1) is 7.34. The highest BCUT2D eigenvalue weighted by Gasteiger charge is 2.18. The Bertz CT molecular complexity index is 172. The summed E-state index contributed by atoms with van der Waals surface area (Å²) in [5.74, 6) is 0.822. The maximum Gasteiger partial charge on any atom is 0.0790 e. The van der Waals surface area contributed by atoms with Crippen LogP contribution in [-0.4, -0.2) is 37.7 Å². The lowest BCUT2D eigenvalue weighted by Crippen LogP contribution is -2.35. The number of hydrogen-bond acceptors (Lipinski definition) is 3. The largest absolute Gasteiger partial charge is 0.306 e. The first kappa shape index (κ1) is 11.4. The second kappa shape index (κ2) is 5.83. The summed E-state index contributed by atoms with van der Waals surface area (Å²) in [6.45, 7) is 3.54. The van der Waals surface area contributed by atoms with Gasteiger partial charge in [-0.05, 0) is 51.7 Å². The number of likely N-dealkylation sites (tertiary alicyclic amines) is 1. The lowest BCUT2D eigenvalue weighted by atomic mass is 9.98. The van der Waals surface area contributed by atoms with Crippen molar-refractivity contribution in [3.05, 3.63) is 0 Å². The van der Waals surface area contributed by atoms with Crippen LogP contribution >= 0.6 is 0 Å². The average Bonchev–Trinajstić information content (AvgIpc) is 2.74. The Kier molecular flexibility index (Phi) is 4.42. The standard InChI is InChI=1S/C12H24N2O/c1-14-8-6-11(7-9-14)10-13-15-12-4-2-3-5-12/h11-13H,2-10H2,1H3. The van der Waals surface area contributed by atoms with E-state index in [2.05, 4.69) is 17.4 Å². The molecule has 0 bridgehead atoms. The van der Waals surface area contributed by atoms with Crippen LogP contribution in [0.25, 0.3) is 0 Å². The summed E-state index contributed by atoms with van der Waals surface area (Å²) in [5, 5.41) is 0. The smallest absolute Gasteiger partial charge is 0.0790 e. The minimum absolute atomic E-state index is 0.497. The first-order valence-corrected chi connectivity index (χ1v) is 6.41. The maximum absolute atomic E-state index is 5.67. The summed E-state index contributed by atoms with van der Waals surface area (Å²) >= 11 is 0. The van der Waals surface area contributed by atoms with Crippen molar-refractivity contribution in [2.45, 2.75) is 44.6 Å². The molecule has 0 spiro atoms. The maximum atomic E-state index is 5.67. The molecule has 0 aromatic carbocycles. The van der Waals surface area contributed by atoms with Gasteiger partial charge in [0.25, 0.3) is 0 Å². The van der Waals surface area contributed by atoms with Crippen molar-refractivity contribution in [3.63, 3.8) is 0 Å². The highest BCUT2D eigenvalue weighted by molar-refractivity contribution is 4.71. The number of nitrogens with one attached hydrogen (secondary N) is 1. The van der Waals surface area contributed by atoms with Gasteiger partial charge in [0.1, 0.15) is 0 Å². The van der Waals surface area contributed by atoms with Crippen molar-refractivity contribution in [2.75, 3.05) is 26.7 Å². The molecule has 1 saturated carbocycles. The number of nitrogens with zero attached hydrogens (tertiary/aromatic N) is 1. The zero-order chi connectivity index (χ0) is 10.5. The molecule has 0 aromatic rings. The third-order valence-electron chi connectivity index (χ3n) is 3.76. The number of hydrogen-bond donors (Lipinski definition) is 1. The fraction of sp³-hybridized carbons (Fsp3) is 1.00. The Morgan fingerprint density at radius 3 is 2.47 bits per heavy atom. The molecule has 0 unspecified atom stereocenters. The van der Waals surface area contributed by atoms with Gasteiger partial charge in [0.05, 0.1) is 6.10 Å². The van der Waals surface area contributed by atoms with Gasteiger partial charge in [0.2, 0.25) is 0 Å². The molecular weight excluding hydrogens is 188 g/mol. The van der Waals surface area contributed by atoms with Gasteiger partial charge in [-0.3, -0.25) is 4.84 Å². The Hall–Kier alpha value is -0.120. The zero-order valence-corrected chi connectivity index (χ0v) is 9.87. The van der Waals surface area contributed by atoms with E-state index in [0.29, 0.717) is 6.10 Å². The van der Waals surface area contributed by atoms with Crippen molar-refractivity contribution in [3.8, 4) is 0 Å². The minimum atomic E-state index is 0.497. The number of hydroxylamine groups is 1. The molecule has 0 atom stereocenters. The molecule has 0 aromatic heterocycles. The summed E-state index contributed by atoms with van der Waals surface area (Å²) in [6.07, 6.45) is 8.33. The molecular formula is C12H24N2O. The van der Waals surface area contributed by atoms with Gasteiger partial charge in [-0.15, -0.1) is 0 Å². The van der Waals surface area contributed by atoms with Crippen LogP contribution < -0.4 is 5.48 Å². The molecule has 0 radical (unpaired) electrons. The van der Waals surface area contributed by atoms with E-state index in [-0.39, 0.29) is 0 Å². The SMILES string of the molecule is CN1CCC(CNOC2CCCC2)CC1. The van der Waals surface area contributed by atoms with Crippen LogP contribution in [0.1, 0.15) is 38.5 Å². The summed E-state index contributed by atoms with van der Waals surface area (Å²) in [5.41, 5.74) is 3.19. The Balaban J connectivity index is 1.53. The second-order valence-corrected chi connectivity index (χ2v) is 5.12. The third-order valence-corrected chi connectivity index (χ3v) is 3.76. The van der Waals surface area contributed by atoms with Crippen LogP contribution in [0.5, 0.6) is 0 Å². The Morgan fingerprint density at radius 2 is 1.80 bits per heavy atom. The van der Waals surface area contributed by atoms with Crippen LogP contribution in [0.4, 0.5) is 0 Å². The van der Waals surface area contributed by atoms with E-state index in [1.165, 1.54) is 51.6 Å². The van der Waals surface area contributed by atoms with E-state index >= 15 is 0 Å².